The summed E-state index contributed by atoms with van der Waals surface area (Å²) in [6.45, 7) is 1.76. The summed E-state index contributed by atoms with van der Waals surface area (Å²) < 4.78 is 0. The Morgan fingerprint density at radius 1 is 1.16 bits per heavy atom. The smallest absolute Gasteiger partial charge is 0.354 e. The minimum Gasteiger partial charge on any atom is -0.477 e. The van der Waals surface area contributed by atoms with E-state index in [0.717, 1.165) is 0 Å². The molecule has 96 valence electrons. The summed E-state index contributed by atoms with van der Waals surface area (Å²) in [5.74, 6) is -1.65. The van der Waals surface area contributed by atoms with Gasteiger partial charge in [0.2, 0.25) is 0 Å². The molecular weight excluding hydrogens is 246 g/mol. The fourth-order valence-corrected chi connectivity index (χ4v) is 1.48. The molecule has 0 aliphatic rings. The second kappa shape index (κ2) is 5.26. The molecule has 0 saturated heterocycles. The summed E-state index contributed by atoms with van der Waals surface area (Å²) in [5, 5.41) is 11.5. The van der Waals surface area contributed by atoms with Crippen molar-refractivity contribution in [1.82, 2.24) is 9.97 Å². The normalized spacial score (nSPS) is 9.95. The molecule has 2 heterocycles. The lowest BCUT2D eigenvalue weighted by molar-refractivity contribution is 0.0690. The Bertz CT molecular complexity index is 641. The van der Waals surface area contributed by atoms with Crippen molar-refractivity contribution < 1.29 is 14.7 Å². The number of hydrogen-bond donors (Lipinski definition) is 2. The number of carboxylic acids is 1. The third kappa shape index (κ3) is 2.92. The lowest BCUT2D eigenvalue weighted by Gasteiger charge is -2.07. The van der Waals surface area contributed by atoms with Crippen LogP contribution < -0.4 is 5.32 Å². The molecule has 1 amide bonds. The number of aryl methyl sites for hydroxylation is 1. The van der Waals surface area contributed by atoms with Gasteiger partial charge in [-0.25, -0.2) is 9.78 Å². The van der Waals surface area contributed by atoms with Crippen LogP contribution in [0, 0.1) is 6.92 Å². The Kier molecular flexibility index (Phi) is 3.51. The first-order valence-corrected chi connectivity index (χ1v) is 5.51. The number of carbonyl (C=O) groups excluding carboxylic acids is 1. The fraction of sp³-hybridized carbons (Fsp3) is 0.0769. The number of pyridine rings is 2. The molecule has 0 radical (unpaired) electrons. The van der Waals surface area contributed by atoms with E-state index in [9.17, 15) is 9.59 Å². The van der Waals surface area contributed by atoms with Gasteiger partial charge in [-0.05, 0) is 31.2 Å². The first-order valence-electron chi connectivity index (χ1n) is 5.51. The van der Waals surface area contributed by atoms with Crippen LogP contribution in [0.1, 0.15) is 26.7 Å². The molecule has 0 aliphatic carbocycles. The molecule has 2 N–H and O–H groups in total. The van der Waals surface area contributed by atoms with Crippen molar-refractivity contribution in [2.45, 2.75) is 6.92 Å². The standard InChI is InChI=1S/C13H11N3O3/c1-8-9(6-3-7-14-8)16-12(17)10-4-2-5-11(15-10)13(18)19/h2-7H,1H3,(H,16,17)(H,18,19). The monoisotopic (exact) mass is 257 g/mol. The fourth-order valence-electron chi connectivity index (χ4n) is 1.48. The average Bonchev–Trinajstić information content (AvgIpc) is 2.41. The number of amides is 1. The van der Waals surface area contributed by atoms with Crippen LogP contribution in [0.15, 0.2) is 36.5 Å². The number of rotatable bonds is 3. The van der Waals surface area contributed by atoms with Gasteiger partial charge in [-0.15, -0.1) is 0 Å². The van der Waals surface area contributed by atoms with Crippen molar-refractivity contribution in [3.63, 3.8) is 0 Å². The summed E-state index contributed by atoms with van der Waals surface area (Å²) in [5.41, 5.74) is 1.11. The van der Waals surface area contributed by atoms with Crippen molar-refractivity contribution in [1.29, 1.82) is 0 Å². The van der Waals surface area contributed by atoms with Crippen LogP contribution in [0.5, 0.6) is 0 Å². The average molecular weight is 257 g/mol. The second-order valence-electron chi connectivity index (χ2n) is 3.80. The molecule has 6 heteroatoms. The molecule has 0 aromatic carbocycles. The SMILES string of the molecule is Cc1ncccc1NC(=O)c1cccc(C(=O)O)n1. The maximum atomic E-state index is 11.9. The van der Waals surface area contributed by atoms with Crippen molar-refractivity contribution in [3.8, 4) is 0 Å². The highest BCUT2D eigenvalue weighted by molar-refractivity contribution is 6.03. The lowest BCUT2D eigenvalue weighted by Crippen LogP contribution is -2.16. The van der Waals surface area contributed by atoms with E-state index < -0.39 is 11.9 Å². The molecule has 2 aromatic heterocycles. The van der Waals surface area contributed by atoms with E-state index in [1.807, 2.05) is 0 Å². The van der Waals surface area contributed by atoms with E-state index >= 15 is 0 Å². The van der Waals surface area contributed by atoms with E-state index in [-0.39, 0.29) is 11.4 Å². The van der Waals surface area contributed by atoms with E-state index in [4.69, 9.17) is 5.11 Å². The Morgan fingerprint density at radius 2 is 1.89 bits per heavy atom. The number of anilines is 1. The minimum absolute atomic E-state index is 0.0446. The number of nitrogens with one attached hydrogen (secondary N) is 1. The molecule has 2 rings (SSSR count). The van der Waals surface area contributed by atoms with Gasteiger partial charge in [-0.1, -0.05) is 6.07 Å². The van der Waals surface area contributed by atoms with Gasteiger partial charge in [0, 0.05) is 6.20 Å². The van der Waals surface area contributed by atoms with E-state index in [1.54, 1.807) is 25.3 Å². The molecule has 0 aliphatic heterocycles. The van der Waals surface area contributed by atoms with Crippen LogP contribution in [0.3, 0.4) is 0 Å². The third-order valence-corrected chi connectivity index (χ3v) is 2.46. The van der Waals surface area contributed by atoms with Crippen molar-refractivity contribution in [2.75, 3.05) is 5.32 Å². The maximum Gasteiger partial charge on any atom is 0.354 e. The van der Waals surface area contributed by atoms with Gasteiger partial charge in [-0.3, -0.25) is 9.78 Å². The van der Waals surface area contributed by atoms with E-state index in [0.29, 0.717) is 11.4 Å². The number of hydrogen-bond acceptors (Lipinski definition) is 4. The van der Waals surface area contributed by atoms with Gasteiger partial charge < -0.3 is 10.4 Å². The molecular formula is C13H11N3O3. The third-order valence-electron chi connectivity index (χ3n) is 2.46. The van der Waals surface area contributed by atoms with Gasteiger partial charge >= 0.3 is 5.97 Å². The first kappa shape index (κ1) is 12.7. The zero-order chi connectivity index (χ0) is 13.8. The summed E-state index contributed by atoms with van der Waals surface area (Å²) in [6, 6.07) is 7.66. The quantitative estimate of drug-likeness (QED) is 0.873. The first-order chi connectivity index (χ1) is 9.08. The van der Waals surface area contributed by atoms with Crippen molar-refractivity contribution in [2.24, 2.45) is 0 Å². The molecule has 0 bridgehead atoms. The molecule has 6 nitrogen and oxygen atoms in total. The number of aromatic nitrogens is 2. The Hall–Kier alpha value is -2.76. The summed E-state index contributed by atoms with van der Waals surface area (Å²) in [7, 11) is 0. The number of aromatic carboxylic acids is 1. The van der Waals surface area contributed by atoms with Gasteiger partial charge in [0.25, 0.3) is 5.91 Å². The van der Waals surface area contributed by atoms with Crippen LogP contribution in [0.2, 0.25) is 0 Å². The second-order valence-corrected chi connectivity index (χ2v) is 3.80. The van der Waals surface area contributed by atoms with Gasteiger partial charge in [-0.2, -0.15) is 0 Å². The van der Waals surface area contributed by atoms with Gasteiger partial charge in [0.05, 0.1) is 11.4 Å². The zero-order valence-corrected chi connectivity index (χ0v) is 10.1. The Morgan fingerprint density at radius 3 is 2.58 bits per heavy atom. The van der Waals surface area contributed by atoms with Gasteiger partial charge in [0.1, 0.15) is 11.4 Å². The Balaban J connectivity index is 2.23. The molecule has 2 aromatic rings. The molecule has 0 fully saturated rings. The Labute approximate surface area is 109 Å². The van der Waals surface area contributed by atoms with Crippen LogP contribution in [0.25, 0.3) is 0 Å². The molecule has 0 atom stereocenters. The highest BCUT2D eigenvalue weighted by Crippen LogP contribution is 2.11. The minimum atomic E-state index is -1.17. The van der Waals surface area contributed by atoms with Crippen molar-refractivity contribution >= 4 is 17.6 Å². The molecule has 0 saturated carbocycles. The molecule has 0 spiro atoms. The number of nitrogens with zero attached hydrogens (tertiary/aromatic N) is 2. The van der Waals surface area contributed by atoms with E-state index in [2.05, 4.69) is 15.3 Å². The van der Waals surface area contributed by atoms with Crippen LogP contribution in [0.4, 0.5) is 5.69 Å². The summed E-state index contributed by atoms with van der Waals surface area (Å²) in [6.07, 6.45) is 1.62. The highest BCUT2D eigenvalue weighted by atomic mass is 16.4. The lowest BCUT2D eigenvalue weighted by atomic mass is 10.2. The predicted molar refractivity (Wildman–Crippen MR) is 68.1 cm³/mol. The van der Waals surface area contributed by atoms with Gasteiger partial charge in [0.15, 0.2) is 0 Å². The molecule has 0 unspecified atom stereocenters. The number of carbonyl (C=O) groups is 2. The van der Waals surface area contributed by atoms with Crippen LogP contribution >= 0.6 is 0 Å². The maximum absolute atomic E-state index is 11.9. The largest absolute Gasteiger partial charge is 0.477 e. The predicted octanol–water partition coefficient (Wildman–Crippen LogP) is 1.74. The van der Waals surface area contributed by atoms with Crippen LogP contribution in [-0.2, 0) is 0 Å². The van der Waals surface area contributed by atoms with Crippen LogP contribution in [-0.4, -0.2) is 27.0 Å². The summed E-state index contributed by atoms with van der Waals surface area (Å²) in [4.78, 5) is 30.5. The highest BCUT2D eigenvalue weighted by Gasteiger charge is 2.12. The van der Waals surface area contributed by atoms with E-state index in [1.165, 1.54) is 18.2 Å². The molecule has 19 heavy (non-hydrogen) atoms. The summed E-state index contributed by atoms with van der Waals surface area (Å²) >= 11 is 0. The number of carboxylic acid groups (broad SMARTS) is 1. The topological polar surface area (TPSA) is 92.2 Å². The van der Waals surface area contributed by atoms with Crippen molar-refractivity contribution in [3.05, 3.63) is 53.6 Å². The zero-order valence-electron chi connectivity index (χ0n) is 10.1.